The summed E-state index contributed by atoms with van der Waals surface area (Å²) in [6, 6.07) is 5.47. The highest BCUT2D eigenvalue weighted by Crippen LogP contribution is 2.28. The number of thioether (sulfide) groups is 1. The van der Waals surface area contributed by atoms with Crippen LogP contribution in [0.1, 0.15) is 39.5 Å². The molecule has 10 heteroatoms. The first-order valence-electron chi connectivity index (χ1n) is 11.5. The number of aryl methyl sites for hydroxylation is 1. The van der Waals surface area contributed by atoms with Crippen molar-refractivity contribution in [3.8, 4) is 0 Å². The minimum atomic E-state index is -3.58. The maximum atomic E-state index is 13.0. The quantitative estimate of drug-likeness (QED) is 0.567. The van der Waals surface area contributed by atoms with Crippen LogP contribution in [0.15, 0.2) is 28.3 Å². The zero-order chi connectivity index (χ0) is 22.7. The second kappa shape index (κ2) is 10.1. The van der Waals surface area contributed by atoms with E-state index in [0.717, 1.165) is 36.5 Å². The molecule has 8 nitrogen and oxygen atoms in total. The van der Waals surface area contributed by atoms with Crippen LogP contribution in [0.2, 0.25) is 0 Å². The van der Waals surface area contributed by atoms with E-state index in [9.17, 15) is 13.2 Å². The van der Waals surface area contributed by atoms with Gasteiger partial charge in [0.15, 0.2) is 5.16 Å². The Morgan fingerprint density at radius 3 is 2.69 bits per heavy atom. The van der Waals surface area contributed by atoms with Crippen molar-refractivity contribution in [2.75, 3.05) is 38.6 Å². The van der Waals surface area contributed by atoms with Crippen molar-refractivity contribution < 1.29 is 17.9 Å². The van der Waals surface area contributed by atoms with Crippen molar-refractivity contribution >= 4 is 38.7 Å². The number of aromatic nitrogens is 2. The third-order valence-corrected chi connectivity index (χ3v) is 9.21. The Labute approximate surface area is 194 Å². The number of amides is 1. The number of hydrogen-bond donors (Lipinski definition) is 0. The molecule has 0 N–H and O–H groups in total. The van der Waals surface area contributed by atoms with Gasteiger partial charge in [-0.2, -0.15) is 4.31 Å². The van der Waals surface area contributed by atoms with E-state index in [1.165, 1.54) is 22.5 Å². The molecule has 0 unspecified atom stereocenters. The maximum Gasteiger partial charge on any atom is 0.243 e. The second-order valence-electron chi connectivity index (χ2n) is 8.24. The first kappa shape index (κ1) is 23.5. The molecule has 1 atom stereocenters. The second-order valence-corrected chi connectivity index (χ2v) is 11.1. The topological polar surface area (TPSA) is 84.7 Å². The van der Waals surface area contributed by atoms with Gasteiger partial charge in [-0.3, -0.25) is 4.79 Å². The Morgan fingerprint density at radius 2 is 1.97 bits per heavy atom. The molecule has 1 amide bonds. The van der Waals surface area contributed by atoms with Crippen molar-refractivity contribution in [3.63, 3.8) is 0 Å². The number of nitrogens with zero attached hydrogens (tertiary/aromatic N) is 4. The van der Waals surface area contributed by atoms with E-state index in [1.807, 2.05) is 22.5 Å². The van der Waals surface area contributed by atoms with Gasteiger partial charge < -0.3 is 14.2 Å². The normalized spacial score (nSPS) is 20.7. The van der Waals surface area contributed by atoms with Gasteiger partial charge in [-0.15, -0.1) is 0 Å². The fraction of sp³-hybridized carbons (Fsp3) is 0.636. The summed E-state index contributed by atoms with van der Waals surface area (Å²) in [4.78, 5) is 19.9. The van der Waals surface area contributed by atoms with Crippen LogP contribution < -0.4 is 0 Å². The molecule has 0 aliphatic carbocycles. The number of imidazole rings is 1. The summed E-state index contributed by atoms with van der Waals surface area (Å²) in [6.45, 7) is 7.26. The molecule has 1 aromatic heterocycles. The molecule has 0 bridgehead atoms. The highest BCUT2D eigenvalue weighted by atomic mass is 32.2. The van der Waals surface area contributed by atoms with E-state index < -0.39 is 10.0 Å². The Bertz CT molecular complexity index is 1060. The van der Waals surface area contributed by atoms with Crippen LogP contribution in [0.4, 0.5) is 0 Å². The summed E-state index contributed by atoms with van der Waals surface area (Å²) in [6.07, 6.45) is 4.34. The van der Waals surface area contributed by atoms with Gasteiger partial charge in [0.05, 0.1) is 34.9 Å². The monoisotopic (exact) mass is 480 g/mol. The van der Waals surface area contributed by atoms with Crippen LogP contribution in [-0.2, 0) is 26.1 Å². The molecule has 1 aromatic carbocycles. The summed E-state index contributed by atoms with van der Waals surface area (Å²) < 4.78 is 34.8. The zero-order valence-electron chi connectivity index (χ0n) is 18.8. The van der Waals surface area contributed by atoms with Crippen molar-refractivity contribution in [2.45, 2.75) is 62.2 Å². The average molecular weight is 481 g/mol. The van der Waals surface area contributed by atoms with Gasteiger partial charge in [0.25, 0.3) is 0 Å². The summed E-state index contributed by atoms with van der Waals surface area (Å²) >= 11 is 1.44. The molecule has 0 radical (unpaired) electrons. The number of carbonyl (C=O) groups is 1. The van der Waals surface area contributed by atoms with Gasteiger partial charge in [-0.25, -0.2) is 13.4 Å². The van der Waals surface area contributed by atoms with Crippen molar-refractivity contribution in [3.05, 3.63) is 18.2 Å². The van der Waals surface area contributed by atoms with Gasteiger partial charge in [-0.05, 0) is 50.8 Å². The Kier molecular flexibility index (Phi) is 7.44. The molecule has 2 aliphatic heterocycles. The number of rotatable bonds is 7. The van der Waals surface area contributed by atoms with Crippen LogP contribution >= 0.6 is 11.8 Å². The maximum absolute atomic E-state index is 13.0. The molecule has 2 fully saturated rings. The molecule has 4 rings (SSSR count). The Hall–Kier alpha value is -1.62. The lowest BCUT2D eigenvalue weighted by Crippen LogP contribution is -2.44. The lowest BCUT2D eigenvalue weighted by atomic mass is 10.0. The highest BCUT2D eigenvalue weighted by Gasteiger charge is 2.28. The smallest absolute Gasteiger partial charge is 0.243 e. The first-order chi connectivity index (χ1) is 15.5. The number of sulfonamides is 1. The number of hydrogen-bond acceptors (Lipinski definition) is 6. The number of benzene rings is 1. The van der Waals surface area contributed by atoms with E-state index in [-0.39, 0.29) is 10.8 Å². The van der Waals surface area contributed by atoms with E-state index in [1.54, 1.807) is 12.1 Å². The molecule has 0 spiro atoms. The number of likely N-dealkylation sites (tertiary alicyclic amines) is 1. The summed E-state index contributed by atoms with van der Waals surface area (Å²) in [5, 5.41) is 0.752. The lowest BCUT2D eigenvalue weighted by Gasteiger charge is -2.35. The number of ether oxygens (including phenoxy) is 1. The first-order valence-corrected chi connectivity index (χ1v) is 13.9. The minimum Gasteiger partial charge on any atom is -0.379 e. The Balaban J connectivity index is 1.54. The van der Waals surface area contributed by atoms with Crippen LogP contribution in [0.3, 0.4) is 0 Å². The Morgan fingerprint density at radius 1 is 1.19 bits per heavy atom. The van der Waals surface area contributed by atoms with E-state index >= 15 is 0 Å². The average Bonchev–Trinajstić information content (AvgIpc) is 3.19. The molecule has 32 heavy (non-hydrogen) atoms. The van der Waals surface area contributed by atoms with Crippen LogP contribution in [0.5, 0.6) is 0 Å². The fourth-order valence-corrected chi connectivity index (χ4v) is 6.96. The van der Waals surface area contributed by atoms with Gasteiger partial charge >= 0.3 is 0 Å². The predicted molar refractivity (Wildman–Crippen MR) is 125 cm³/mol. The van der Waals surface area contributed by atoms with Crippen molar-refractivity contribution in [1.29, 1.82) is 0 Å². The van der Waals surface area contributed by atoms with E-state index in [2.05, 4.69) is 6.92 Å². The highest BCUT2D eigenvalue weighted by molar-refractivity contribution is 7.99. The molecule has 3 heterocycles. The lowest BCUT2D eigenvalue weighted by molar-refractivity contribution is -0.132. The number of fused-ring (bicyclic) bond motifs is 1. The van der Waals surface area contributed by atoms with Crippen LogP contribution in [0, 0.1) is 0 Å². The van der Waals surface area contributed by atoms with Crippen molar-refractivity contribution in [1.82, 2.24) is 18.8 Å². The van der Waals surface area contributed by atoms with E-state index in [4.69, 9.17) is 9.72 Å². The van der Waals surface area contributed by atoms with Crippen molar-refractivity contribution in [2.24, 2.45) is 0 Å². The van der Waals surface area contributed by atoms with Crippen LogP contribution in [-0.4, -0.2) is 77.7 Å². The summed E-state index contributed by atoms with van der Waals surface area (Å²) in [5.41, 5.74) is 1.52. The molecule has 2 saturated heterocycles. The standard InChI is InChI=1S/C22H32N4O4S2/c1-3-17-7-5-6-10-26(17)21(27)16-31-22-23-19-15-18(8-9-20(19)25(22)4-2)32(28,29)24-11-13-30-14-12-24/h8-9,15,17H,3-7,10-14,16H2,1-2H3/t17-/m0/s1. The number of piperidine rings is 1. The van der Waals surface area contributed by atoms with Gasteiger partial charge in [0, 0.05) is 32.2 Å². The predicted octanol–water partition coefficient (Wildman–Crippen LogP) is 2.96. The molecule has 2 aromatic rings. The van der Waals surface area contributed by atoms with Gasteiger partial charge in [0.1, 0.15) is 0 Å². The minimum absolute atomic E-state index is 0.159. The number of carbonyl (C=O) groups excluding carboxylic acids is 1. The van der Waals surface area contributed by atoms with Crippen LogP contribution in [0.25, 0.3) is 11.0 Å². The molecule has 0 saturated carbocycles. The molecular weight excluding hydrogens is 448 g/mol. The van der Waals surface area contributed by atoms with E-state index in [0.29, 0.717) is 50.2 Å². The van der Waals surface area contributed by atoms with Gasteiger partial charge in [-0.1, -0.05) is 18.7 Å². The summed E-state index contributed by atoms with van der Waals surface area (Å²) in [5.74, 6) is 0.505. The molecule has 2 aliphatic rings. The number of morpholine rings is 1. The molecule has 176 valence electrons. The summed E-state index contributed by atoms with van der Waals surface area (Å²) in [7, 11) is -3.58. The SMILES string of the molecule is CC[C@H]1CCCCN1C(=O)CSc1nc2cc(S(=O)(=O)N3CCOCC3)ccc2n1CC. The largest absolute Gasteiger partial charge is 0.379 e. The zero-order valence-corrected chi connectivity index (χ0v) is 20.5. The third-order valence-electron chi connectivity index (χ3n) is 6.35. The molecular formula is C22H32N4O4S2. The van der Waals surface area contributed by atoms with Gasteiger partial charge in [0.2, 0.25) is 15.9 Å². The third kappa shape index (κ3) is 4.69. The fourth-order valence-electron chi connectivity index (χ4n) is 4.56.